The molecule has 1 heterocycles. The summed E-state index contributed by atoms with van der Waals surface area (Å²) in [5.41, 5.74) is 2.90. The van der Waals surface area contributed by atoms with Crippen molar-refractivity contribution in [3.8, 4) is 0 Å². The number of aromatic nitrogens is 2. The fourth-order valence-corrected chi connectivity index (χ4v) is 1.52. The van der Waals surface area contributed by atoms with Gasteiger partial charge in [0, 0.05) is 18.3 Å². The van der Waals surface area contributed by atoms with E-state index in [1.807, 2.05) is 34.7 Å². The summed E-state index contributed by atoms with van der Waals surface area (Å²) >= 11 is 0. The Morgan fingerprint density at radius 1 is 1.47 bits per heavy atom. The van der Waals surface area contributed by atoms with Crippen LogP contribution in [-0.2, 0) is 23.0 Å². The quantitative estimate of drug-likeness (QED) is 0.711. The van der Waals surface area contributed by atoms with Crippen LogP contribution in [0.15, 0.2) is 0 Å². The van der Waals surface area contributed by atoms with Crippen LogP contribution in [0.2, 0.25) is 0 Å². The second kappa shape index (κ2) is 4.47. The molecule has 0 spiro atoms. The minimum absolute atomic E-state index is 0.0604. The molecule has 0 N–H and O–H groups in total. The zero-order valence-corrected chi connectivity index (χ0v) is 10.00. The summed E-state index contributed by atoms with van der Waals surface area (Å²) < 4.78 is 6.88. The van der Waals surface area contributed by atoms with Crippen molar-refractivity contribution in [3.05, 3.63) is 17.0 Å². The van der Waals surface area contributed by atoms with Crippen LogP contribution in [-0.4, -0.2) is 21.9 Å². The number of carbonyl (C=O) groups excluding carboxylic acids is 1. The lowest BCUT2D eigenvalue weighted by molar-refractivity contribution is -0.146. The van der Waals surface area contributed by atoms with Gasteiger partial charge in [0.1, 0.15) is 0 Å². The van der Waals surface area contributed by atoms with Gasteiger partial charge in [0.05, 0.1) is 18.2 Å². The molecule has 0 radical (unpaired) electrons. The van der Waals surface area contributed by atoms with Crippen molar-refractivity contribution in [2.75, 3.05) is 0 Å². The van der Waals surface area contributed by atoms with Gasteiger partial charge < -0.3 is 4.74 Å². The highest BCUT2D eigenvalue weighted by atomic mass is 16.5. The van der Waals surface area contributed by atoms with Gasteiger partial charge >= 0.3 is 5.97 Å². The number of aryl methyl sites for hydroxylation is 2. The highest BCUT2D eigenvalue weighted by Crippen LogP contribution is 2.13. The van der Waals surface area contributed by atoms with E-state index in [0.29, 0.717) is 6.42 Å². The van der Waals surface area contributed by atoms with Crippen LogP contribution in [0, 0.1) is 13.8 Å². The molecule has 0 aliphatic rings. The molecule has 1 aromatic heterocycles. The van der Waals surface area contributed by atoms with E-state index in [0.717, 1.165) is 17.0 Å². The molecule has 1 aromatic rings. The van der Waals surface area contributed by atoms with Crippen LogP contribution in [0.25, 0.3) is 0 Å². The van der Waals surface area contributed by atoms with Gasteiger partial charge in [-0.3, -0.25) is 9.48 Å². The summed E-state index contributed by atoms with van der Waals surface area (Å²) in [7, 11) is 1.87. The molecule has 0 fully saturated rings. The summed E-state index contributed by atoms with van der Waals surface area (Å²) in [6, 6.07) is 0. The van der Waals surface area contributed by atoms with Gasteiger partial charge in [0.15, 0.2) is 0 Å². The number of hydrogen-bond donors (Lipinski definition) is 0. The smallest absolute Gasteiger partial charge is 0.310 e. The summed E-state index contributed by atoms with van der Waals surface area (Å²) in [6.07, 6.45) is 0.249. The standard InChI is InChI=1S/C11H18N2O2/c1-7(2)15-11(14)6-10-8(3)12-13(5)9(10)4/h7H,6H2,1-5H3. The molecule has 0 saturated carbocycles. The van der Waals surface area contributed by atoms with E-state index < -0.39 is 0 Å². The molecular weight excluding hydrogens is 192 g/mol. The highest BCUT2D eigenvalue weighted by molar-refractivity contribution is 5.73. The van der Waals surface area contributed by atoms with Crippen LogP contribution < -0.4 is 0 Å². The molecule has 4 nitrogen and oxygen atoms in total. The predicted molar refractivity (Wildman–Crippen MR) is 57.6 cm³/mol. The molecule has 0 amide bonds. The predicted octanol–water partition coefficient (Wildman–Crippen LogP) is 1.53. The van der Waals surface area contributed by atoms with Crippen molar-refractivity contribution in [1.29, 1.82) is 0 Å². The van der Waals surface area contributed by atoms with E-state index >= 15 is 0 Å². The van der Waals surface area contributed by atoms with Crippen molar-refractivity contribution < 1.29 is 9.53 Å². The van der Waals surface area contributed by atoms with Crippen molar-refractivity contribution >= 4 is 5.97 Å². The lowest BCUT2D eigenvalue weighted by Crippen LogP contribution is -2.14. The van der Waals surface area contributed by atoms with Gasteiger partial charge in [0.25, 0.3) is 0 Å². The van der Waals surface area contributed by atoms with Crippen molar-refractivity contribution in [2.45, 2.75) is 40.2 Å². The monoisotopic (exact) mass is 210 g/mol. The molecule has 15 heavy (non-hydrogen) atoms. The molecule has 0 atom stereocenters. The molecule has 84 valence electrons. The van der Waals surface area contributed by atoms with Gasteiger partial charge in [-0.25, -0.2) is 0 Å². The second-order valence-corrected chi connectivity index (χ2v) is 3.99. The van der Waals surface area contributed by atoms with E-state index in [-0.39, 0.29) is 12.1 Å². The van der Waals surface area contributed by atoms with Crippen LogP contribution in [0.1, 0.15) is 30.8 Å². The average Bonchev–Trinajstić information content (AvgIpc) is 2.31. The first-order valence-electron chi connectivity index (χ1n) is 5.10. The SMILES string of the molecule is Cc1nn(C)c(C)c1CC(=O)OC(C)C. The van der Waals surface area contributed by atoms with E-state index in [9.17, 15) is 4.79 Å². The van der Waals surface area contributed by atoms with Crippen molar-refractivity contribution in [3.63, 3.8) is 0 Å². The largest absolute Gasteiger partial charge is 0.463 e. The minimum atomic E-state index is -0.191. The average molecular weight is 210 g/mol. The van der Waals surface area contributed by atoms with Gasteiger partial charge in [-0.15, -0.1) is 0 Å². The van der Waals surface area contributed by atoms with Crippen LogP contribution in [0.3, 0.4) is 0 Å². The molecule has 0 saturated heterocycles. The lowest BCUT2D eigenvalue weighted by Gasteiger charge is -2.07. The Bertz CT molecular complexity index is 367. The third-order valence-electron chi connectivity index (χ3n) is 2.35. The molecule has 0 aliphatic carbocycles. The van der Waals surface area contributed by atoms with E-state index in [1.165, 1.54) is 0 Å². The van der Waals surface area contributed by atoms with Gasteiger partial charge in [-0.05, 0) is 27.7 Å². The van der Waals surface area contributed by atoms with Gasteiger partial charge in [-0.2, -0.15) is 5.10 Å². The van der Waals surface area contributed by atoms with E-state index in [2.05, 4.69) is 5.10 Å². The van der Waals surface area contributed by atoms with Crippen molar-refractivity contribution in [1.82, 2.24) is 9.78 Å². The minimum Gasteiger partial charge on any atom is -0.463 e. The van der Waals surface area contributed by atoms with Crippen LogP contribution in [0.4, 0.5) is 0 Å². The zero-order chi connectivity index (χ0) is 11.6. The first kappa shape index (κ1) is 11.8. The normalized spacial score (nSPS) is 10.8. The number of rotatable bonds is 3. The van der Waals surface area contributed by atoms with E-state index in [1.54, 1.807) is 4.68 Å². The Hall–Kier alpha value is -1.32. The zero-order valence-electron chi connectivity index (χ0n) is 10.00. The Kier molecular flexibility index (Phi) is 3.50. The number of nitrogens with zero attached hydrogens (tertiary/aromatic N) is 2. The fourth-order valence-electron chi connectivity index (χ4n) is 1.52. The van der Waals surface area contributed by atoms with Crippen LogP contribution in [0.5, 0.6) is 0 Å². The lowest BCUT2D eigenvalue weighted by atomic mass is 10.1. The Labute approximate surface area is 90.2 Å². The molecule has 4 heteroatoms. The number of carbonyl (C=O) groups is 1. The number of hydrogen-bond acceptors (Lipinski definition) is 3. The molecule has 0 aromatic carbocycles. The fraction of sp³-hybridized carbons (Fsp3) is 0.636. The van der Waals surface area contributed by atoms with Crippen molar-refractivity contribution in [2.24, 2.45) is 7.05 Å². The number of esters is 1. The summed E-state index contributed by atoms with van der Waals surface area (Å²) in [5, 5.41) is 4.25. The van der Waals surface area contributed by atoms with Crippen LogP contribution >= 0.6 is 0 Å². The molecular formula is C11H18N2O2. The second-order valence-electron chi connectivity index (χ2n) is 3.99. The third-order valence-corrected chi connectivity index (χ3v) is 2.35. The molecule has 0 aliphatic heterocycles. The first-order chi connectivity index (χ1) is 6.91. The maximum atomic E-state index is 11.5. The molecule has 0 unspecified atom stereocenters. The summed E-state index contributed by atoms with van der Waals surface area (Å²) in [5.74, 6) is -0.191. The topological polar surface area (TPSA) is 44.1 Å². The summed E-state index contributed by atoms with van der Waals surface area (Å²) in [6.45, 7) is 7.56. The molecule has 0 bridgehead atoms. The maximum Gasteiger partial charge on any atom is 0.310 e. The Morgan fingerprint density at radius 2 is 2.07 bits per heavy atom. The highest BCUT2D eigenvalue weighted by Gasteiger charge is 2.14. The maximum absolute atomic E-state index is 11.5. The third kappa shape index (κ3) is 2.81. The molecule has 1 rings (SSSR count). The Balaban J connectivity index is 2.76. The first-order valence-corrected chi connectivity index (χ1v) is 5.10. The van der Waals surface area contributed by atoms with E-state index in [4.69, 9.17) is 4.74 Å². The number of ether oxygens (including phenoxy) is 1. The van der Waals surface area contributed by atoms with Gasteiger partial charge in [0.2, 0.25) is 0 Å². The summed E-state index contributed by atoms with van der Waals surface area (Å²) in [4.78, 5) is 11.5. The van der Waals surface area contributed by atoms with Gasteiger partial charge in [-0.1, -0.05) is 0 Å². The Morgan fingerprint density at radius 3 is 2.47 bits per heavy atom.